The molecule has 2 aromatic rings. The molecule has 0 spiro atoms. The van der Waals surface area contributed by atoms with Crippen LogP contribution in [-0.2, 0) is 6.54 Å². The fourth-order valence-corrected chi connectivity index (χ4v) is 1.50. The predicted molar refractivity (Wildman–Crippen MR) is 61.1 cm³/mol. The Morgan fingerprint density at radius 2 is 2.12 bits per heavy atom. The largest absolute Gasteiger partial charge is 0.492 e. The van der Waals surface area contributed by atoms with Gasteiger partial charge in [-0.3, -0.25) is 4.98 Å². The van der Waals surface area contributed by atoms with Crippen molar-refractivity contribution in [3.8, 4) is 5.75 Å². The Morgan fingerprint density at radius 3 is 2.82 bits per heavy atom. The van der Waals surface area contributed by atoms with Gasteiger partial charge >= 0.3 is 5.97 Å². The third kappa shape index (κ3) is 2.84. The van der Waals surface area contributed by atoms with Crippen LogP contribution in [0, 0.1) is 0 Å². The second kappa shape index (κ2) is 5.16. The molecule has 2 heterocycles. The van der Waals surface area contributed by atoms with Gasteiger partial charge in [0.05, 0.1) is 6.54 Å². The van der Waals surface area contributed by atoms with Crippen molar-refractivity contribution in [2.75, 3.05) is 6.61 Å². The van der Waals surface area contributed by atoms with Gasteiger partial charge in [-0.2, -0.15) is 0 Å². The molecule has 0 atom stereocenters. The van der Waals surface area contributed by atoms with Crippen molar-refractivity contribution in [3.63, 3.8) is 0 Å². The van der Waals surface area contributed by atoms with Gasteiger partial charge in [0.1, 0.15) is 18.1 Å². The number of hydrogen-bond acceptors (Lipinski definition) is 3. The molecule has 0 amide bonds. The van der Waals surface area contributed by atoms with Crippen molar-refractivity contribution in [3.05, 3.63) is 48.5 Å². The minimum atomic E-state index is -0.932. The zero-order valence-electron chi connectivity index (χ0n) is 9.11. The molecular weight excluding hydrogens is 220 g/mol. The van der Waals surface area contributed by atoms with Gasteiger partial charge in [0.2, 0.25) is 0 Å². The molecule has 0 radical (unpaired) electrons. The molecule has 1 N–H and O–H groups in total. The van der Waals surface area contributed by atoms with Crippen LogP contribution >= 0.6 is 0 Å². The molecular formula is C12H12N2O3. The molecule has 0 aliphatic carbocycles. The number of aromatic carboxylic acids is 1. The zero-order chi connectivity index (χ0) is 12.1. The molecule has 0 fully saturated rings. The van der Waals surface area contributed by atoms with E-state index in [1.54, 1.807) is 47.4 Å². The summed E-state index contributed by atoms with van der Waals surface area (Å²) in [4.78, 5) is 14.7. The van der Waals surface area contributed by atoms with Crippen LogP contribution in [0.5, 0.6) is 5.75 Å². The summed E-state index contributed by atoms with van der Waals surface area (Å²) < 4.78 is 7.10. The highest BCUT2D eigenvalue weighted by Gasteiger charge is 2.07. The van der Waals surface area contributed by atoms with Gasteiger partial charge < -0.3 is 14.4 Å². The van der Waals surface area contributed by atoms with Crippen LogP contribution in [0.4, 0.5) is 0 Å². The van der Waals surface area contributed by atoms with Gasteiger partial charge in [0, 0.05) is 18.6 Å². The zero-order valence-corrected chi connectivity index (χ0v) is 9.11. The van der Waals surface area contributed by atoms with Crippen LogP contribution in [-0.4, -0.2) is 27.2 Å². The number of rotatable bonds is 5. The van der Waals surface area contributed by atoms with Crippen LogP contribution in [0.3, 0.4) is 0 Å². The van der Waals surface area contributed by atoms with Crippen LogP contribution in [0.15, 0.2) is 42.9 Å². The second-order valence-corrected chi connectivity index (χ2v) is 3.42. The predicted octanol–water partition coefficient (Wildman–Crippen LogP) is 1.66. The molecule has 0 saturated heterocycles. The quantitative estimate of drug-likeness (QED) is 0.851. The summed E-state index contributed by atoms with van der Waals surface area (Å²) in [6, 6.07) is 6.78. The lowest BCUT2D eigenvalue weighted by atomic mass is 10.4. The van der Waals surface area contributed by atoms with Crippen LogP contribution in [0.2, 0.25) is 0 Å². The molecule has 0 unspecified atom stereocenters. The van der Waals surface area contributed by atoms with Crippen LogP contribution < -0.4 is 4.74 Å². The Bertz CT molecular complexity index is 493. The minimum absolute atomic E-state index is 0.267. The second-order valence-electron chi connectivity index (χ2n) is 3.42. The van der Waals surface area contributed by atoms with Gasteiger partial charge in [0.15, 0.2) is 0 Å². The third-order valence-corrected chi connectivity index (χ3v) is 2.30. The van der Waals surface area contributed by atoms with E-state index < -0.39 is 5.97 Å². The summed E-state index contributed by atoms with van der Waals surface area (Å²) >= 11 is 0. The maximum atomic E-state index is 10.8. The standard InChI is InChI=1S/C12H12N2O3/c15-12(16)11-2-1-7-14(11)8-9-17-10-3-5-13-6-4-10/h1-7H,8-9H2,(H,15,16). The van der Waals surface area contributed by atoms with Gasteiger partial charge in [-0.25, -0.2) is 4.79 Å². The molecule has 0 bridgehead atoms. The monoisotopic (exact) mass is 232 g/mol. The van der Waals surface area contributed by atoms with E-state index in [9.17, 15) is 4.79 Å². The number of carboxylic acid groups (broad SMARTS) is 1. The molecule has 5 heteroatoms. The van der Waals surface area contributed by atoms with E-state index in [0.29, 0.717) is 13.2 Å². The summed E-state index contributed by atoms with van der Waals surface area (Å²) in [5.41, 5.74) is 0.267. The molecule has 2 aromatic heterocycles. The van der Waals surface area contributed by atoms with E-state index in [1.165, 1.54) is 0 Å². The van der Waals surface area contributed by atoms with E-state index >= 15 is 0 Å². The van der Waals surface area contributed by atoms with E-state index in [1.807, 2.05) is 0 Å². The fraction of sp³-hybridized carbons (Fsp3) is 0.167. The first kappa shape index (κ1) is 11.2. The van der Waals surface area contributed by atoms with Crippen molar-refractivity contribution < 1.29 is 14.6 Å². The lowest BCUT2D eigenvalue weighted by Gasteiger charge is -2.08. The molecule has 2 rings (SSSR count). The number of carbonyl (C=O) groups is 1. The summed E-state index contributed by atoms with van der Waals surface area (Å²) in [5, 5.41) is 8.90. The molecule has 17 heavy (non-hydrogen) atoms. The minimum Gasteiger partial charge on any atom is -0.492 e. The van der Waals surface area contributed by atoms with E-state index in [-0.39, 0.29) is 5.69 Å². The molecule has 0 aliphatic rings. The maximum absolute atomic E-state index is 10.8. The smallest absolute Gasteiger partial charge is 0.352 e. The van der Waals surface area contributed by atoms with Gasteiger partial charge in [-0.1, -0.05) is 0 Å². The molecule has 0 saturated carbocycles. The highest BCUT2D eigenvalue weighted by molar-refractivity contribution is 5.85. The van der Waals surface area contributed by atoms with E-state index in [2.05, 4.69) is 4.98 Å². The number of ether oxygens (including phenoxy) is 1. The van der Waals surface area contributed by atoms with Gasteiger partial charge in [-0.15, -0.1) is 0 Å². The van der Waals surface area contributed by atoms with Crippen LogP contribution in [0.25, 0.3) is 0 Å². The maximum Gasteiger partial charge on any atom is 0.352 e. The highest BCUT2D eigenvalue weighted by atomic mass is 16.5. The fourth-order valence-electron chi connectivity index (χ4n) is 1.50. The van der Waals surface area contributed by atoms with E-state index in [0.717, 1.165) is 5.75 Å². The Hall–Kier alpha value is -2.30. The lowest BCUT2D eigenvalue weighted by Crippen LogP contribution is -2.12. The number of aromatic nitrogens is 2. The first-order chi connectivity index (χ1) is 8.27. The summed E-state index contributed by atoms with van der Waals surface area (Å²) in [5.74, 6) is -0.206. The topological polar surface area (TPSA) is 64.3 Å². The SMILES string of the molecule is O=C(O)c1cccn1CCOc1ccncc1. The highest BCUT2D eigenvalue weighted by Crippen LogP contribution is 2.07. The average molecular weight is 232 g/mol. The number of pyridine rings is 1. The van der Waals surface area contributed by atoms with Crippen molar-refractivity contribution in [1.29, 1.82) is 0 Å². The Kier molecular flexibility index (Phi) is 3.40. The molecule has 5 nitrogen and oxygen atoms in total. The normalized spacial score (nSPS) is 10.1. The van der Waals surface area contributed by atoms with Gasteiger partial charge in [0.25, 0.3) is 0 Å². The average Bonchev–Trinajstić information content (AvgIpc) is 2.79. The molecule has 0 aromatic carbocycles. The molecule has 88 valence electrons. The Labute approximate surface area is 98.3 Å². The van der Waals surface area contributed by atoms with Gasteiger partial charge in [-0.05, 0) is 24.3 Å². The first-order valence-electron chi connectivity index (χ1n) is 5.18. The van der Waals surface area contributed by atoms with Crippen molar-refractivity contribution in [2.24, 2.45) is 0 Å². The molecule has 0 aliphatic heterocycles. The number of hydrogen-bond donors (Lipinski definition) is 1. The Balaban J connectivity index is 1.90. The summed E-state index contributed by atoms with van der Waals surface area (Å²) in [6.07, 6.45) is 5.01. The van der Waals surface area contributed by atoms with Crippen molar-refractivity contribution >= 4 is 5.97 Å². The Morgan fingerprint density at radius 1 is 1.35 bits per heavy atom. The van der Waals surface area contributed by atoms with E-state index in [4.69, 9.17) is 9.84 Å². The number of carboxylic acids is 1. The van der Waals surface area contributed by atoms with Crippen molar-refractivity contribution in [1.82, 2.24) is 9.55 Å². The summed E-state index contributed by atoms with van der Waals surface area (Å²) in [6.45, 7) is 0.913. The van der Waals surface area contributed by atoms with Crippen molar-refractivity contribution in [2.45, 2.75) is 6.54 Å². The first-order valence-corrected chi connectivity index (χ1v) is 5.18. The summed E-state index contributed by atoms with van der Waals surface area (Å²) in [7, 11) is 0. The number of nitrogens with zero attached hydrogens (tertiary/aromatic N) is 2. The lowest BCUT2D eigenvalue weighted by molar-refractivity contribution is 0.0684. The third-order valence-electron chi connectivity index (χ3n) is 2.30. The van der Waals surface area contributed by atoms with Crippen LogP contribution in [0.1, 0.15) is 10.5 Å².